The van der Waals surface area contributed by atoms with Gasteiger partial charge in [0.1, 0.15) is 11.4 Å². The summed E-state index contributed by atoms with van der Waals surface area (Å²) >= 11 is 1.51. The van der Waals surface area contributed by atoms with E-state index in [2.05, 4.69) is 5.32 Å². The third-order valence-corrected chi connectivity index (χ3v) is 7.34. The fourth-order valence-corrected chi connectivity index (χ4v) is 5.19. The molecule has 0 spiro atoms. The number of phenolic OH excluding ortho intramolecular Hbond substituents is 1. The van der Waals surface area contributed by atoms with Crippen molar-refractivity contribution < 1.29 is 32.8 Å². The Kier molecular flexibility index (Phi) is 11.0. The molecule has 0 aromatic heterocycles. The lowest BCUT2D eigenvalue weighted by atomic mass is 10.00. The molecule has 2 atom stereocenters. The number of hydrogen-bond donors (Lipinski definition) is 5. The maximum Gasteiger partial charge on any atom is 0.265 e. The standard InChI is InChI=1S/C28H29N3O4S.CH4O3S/c1-18-22(12-7-13-25(18)32)28(35)30-23(17-36-21-10-3-2-4-11-21)26(33)16-31-15-20-9-6-5-8-19(20)14-24(31)27(29)34;1-5(2,3)4/h2-14,23,26,32-33H,15-17H2,1H3,(H2,29,34)(H,30,35);1H3,(H,2,3,4). The van der Waals surface area contributed by atoms with Crippen LogP contribution in [0.1, 0.15) is 27.0 Å². The topological polar surface area (TPSA) is 170 Å². The second-order valence-corrected chi connectivity index (χ2v) is 12.0. The molecule has 1 heterocycles. The quantitative estimate of drug-likeness (QED) is 0.183. The van der Waals surface area contributed by atoms with Crippen LogP contribution in [0.2, 0.25) is 0 Å². The van der Waals surface area contributed by atoms with E-state index >= 15 is 0 Å². The Morgan fingerprint density at radius 2 is 1.68 bits per heavy atom. The lowest BCUT2D eigenvalue weighted by Crippen LogP contribution is -2.50. The average molecular weight is 600 g/mol. The van der Waals surface area contributed by atoms with E-state index in [1.165, 1.54) is 17.8 Å². The van der Waals surface area contributed by atoms with Crippen LogP contribution in [0.15, 0.2) is 83.4 Å². The summed E-state index contributed by atoms with van der Waals surface area (Å²) in [5, 5.41) is 24.3. The zero-order chi connectivity index (χ0) is 30.2. The SMILES string of the molecule is CS(=O)(=O)O.Cc1c(O)cccc1C(=O)NC(CSc1ccccc1)C(O)CN1Cc2ccccc2C=C1C(N)=O. The highest BCUT2D eigenvalue weighted by atomic mass is 32.2. The first-order valence-electron chi connectivity index (χ1n) is 12.6. The third-order valence-electron chi connectivity index (χ3n) is 6.21. The second kappa shape index (κ2) is 14.2. The minimum absolute atomic E-state index is 0.0293. The number of nitrogens with zero attached hydrogens (tertiary/aromatic N) is 1. The monoisotopic (exact) mass is 599 g/mol. The molecular weight excluding hydrogens is 566 g/mol. The third kappa shape index (κ3) is 9.64. The van der Waals surface area contributed by atoms with Crippen molar-refractivity contribution in [3.05, 3.63) is 101 Å². The second-order valence-electron chi connectivity index (χ2n) is 9.43. The maximum absolute atomic E-state index is 13.1. The fourth-order valence-electron chi connectivity index (χ4n) is 4.16. The number of nitrogens with one attached hydrogen (secondary N) is 1. The molecule has 2 unspecified atom stereocenters. The van der Waals surface area contributed by atoms with Crippen molar-refractivity contribution >= 4 is 39.8 Å². The minimum atomic E-state index is -3.67. The van der Waals surface area contributed by atoms with Gasteiger partial charge in [-0.05, 0) is 48.4 Å². The molecule has 0 saturated carbocycles. The van der Waals surface area contributed by atoms with Crippen LogP contribution in [-0.2, 0) is 21.5 Å². The van der Waals surface area contributed by atoms with Gasteiger partial charge in [-0.2, -0.15) is 8.42 Å². The van der Waals surface area contributed by atoms with Crippen LogP contribution in [0.4, 0.5) is 0 Å². The molecule has 218 valence electrons. The molecule has 12 heteroatoms. The van der Waals surface area contributed by atoms with Gasteiger partial charge in [-0.1, -0.05) is 48.5 Å². The molecule has 4 rings (SSSR count). The molecular formula is C29H33N3O7S2. The number of carbonyl (C=O) groups excluding carboxylic acids is 2. The van der Waals surface area contributed by atoms with Crippen molar-refractivity contribution in [1.82, 2.24) is 10.2 Å². The molecule has 0 fully saturated rings. The van der Waals surface area contributed by atoms with E-state index < -0.39 is 34.1 Å². The molecule has 0 radical (unpaired) electrons. The first kappa shape index (κ1) is 31.7. The lowest BCUT2D eigenvalue weighted by Gasteiger charge is -2.34. The van der Waals surface area contributed by atoms with Crippen LogP contribution in [0.25, 0.3) is 6.08 Å². The summed E-state index contributed by atoms with van der Waals surface area (Å²) in [6, 6.07) is 21.5. The van der Waals surface area contributed by atoms with Gasteiger partial charge in [0.05, 0.1) is 18.4 Å². The number of β-amino-alcohol motifs (C(OH)–C–C–N with tert-alkyl or cyclic N) is 1. The van der Waals surface area contributed by atoms with Crippen molar-refractivity contribution in [1.29, 1.82) is 0 Å². The molecule has 3 aromatic rings. The summed E-state index contributed by atoms with van der Waals surface area (Å²) in [5.41, 5.74) is 8.71. The summed E-state index contributed by atoms with van der Waals surface area (Å²) < 4.78 is 25.9. The Balaban J connectivity index is 0.000000850. The van der Waals surface area contributed by atoms with Gasteiger partial charge in [0.2, 0.25) is 0 Å². The Bertz CT molecular complexity index is 1500. The molecule has 0 aliphatic carbocycles. The minimum Gasteiger partial charge on any atom is -0.508 e. The summed E-state index contributed by atoms with van der Waals surface area (Å²) in [6.07, 6.45) is 1.44. The molecule has 41 heavy (non-hydrogen) atoms. The van der Waals surface area contributed by atoms with E-state index in [4.69, 9.17) is 10.3 Å². The van der Waals surface area contributed by atoms with Gasteiger partial charge >= 0.3 is 0 Å². The molecule has 6 N–H and O–H groups in total. The number of aliphatic hydroxyl groups is 1. The Labute approximate surface area is 243 Å². The van der Waals surface area contributed by atoms with Gasteiger partial charge in [0.25, 0.3) is 21.9 Å². The normalized spacial score (nSPS) is 14.0. The number of amides is 2. The number of carbonyl (C=O) groups is 2. The number of aliphatic hydroxyl groups excluding tert-OH is 1. The lowest BCUT2D eigenvalue weighted by molar-refractivity contribution is -0.116. The summed E-state index contributed by atoms with van der Waals surface area (Å²) in [7, 11) is -3.67. The van der Waals surface area contributed by atoms with Crippen molar-refractivity contribution in [2.24, 2.45) is 5.73 Å². The van der Waals surface area contributed by atoms with Crippen molar-refractivity contribution in [3.8, 4) is 5.75 Å². The molecule has 0 bridgehead atoms. The van der Waals surface area contributed by atoms with E-state index in [1.54, 1.807) is 30.0 Å². The number of phenols is 1. The van der Waals surface area contributed by atoms with Gasteiger partial charge < -0.3 is 26.2 Å². The van der Waals surface area contributed by atoms with Gasteiger partial charge in [-0.3, -0.25) is 14.1 Å². The summed E-state index contributed by atoms with van der Waals surface area (Å²) in [6.45, 7) is 2.19. The summed E-state index contributed by atoms with van der Waals surface area (Å²) in [5.74, 6) is -0.543. The van der Waals surface area contributed by atoms with Crippen LogP contribution in [0, 0.1) is 6.92 Å². The van der Waals surface area contributed by atoms with E-state index in [-0.39, 0.29) is 12.3 Å². The zero-order valence-electron chi connectivity index (χ0n) is 22.6. The molecule has 1 aliphatic heterocycles. The van der Waals surface area contributed by atoms with Gasteiger partial charge in [-0.15, -0.1) is 11.8 Å². The molecule has 0 saturated heterocycles. The van der Waals surface area contributed by atoms with E-state index in [0.29, 0.717) is 35.4 Å². The largest absolute Gasteiger partial charge is 0.508 e. The van der Waals surface area contributed by atoms with E-state index in [0.717, 1.165) is 16.0 Å². The molecule has 10 nitrogen and oxygen atoms in total. The number of thioether (sulfide) groups is 1. The number of aromatic hydroxyl groups is 1. The smallest absolute Gasteiger partial charge is 0.265 e. The first-order chi connectivity index (χ1) is 19.3. The number of rotatable bonds is 9. The first-order valence-corrected chi connectivity index (χ1v) is 15.4. The zero-order valence-corrected chi connectivity index (χ0v) is 24.2. The number of nitrogens with two attached hydrogens (primary N) is 1. The van der Waals surface area contributed by atoms with Crippen LogP contribution in [0.3, 0.4) is 0 Å². The van der Waals surface area contributed by atoms with Gasteiger partial charge in [0, 0.05) is 34.9 Å². The highest BCUT2D eigenvalue weighted by molar-refractivity contribution is 7.99. The number of primary amides is 1. The molecule has 2 amide bonds. The number of benzene rings is 3. The van der Waals surface area contributed by atoms with E-state index in [9.17, 15) is 28.2 Å². The highest BCUT2D eigenvalue weighted by Crippen LogP contribution is 2.26. The number of hydrogen-bond acceptors (Lipinski definition) is 8. The van der Waals surface area contributed by atoms with Gasteiger partial charge in [-0.25, -0.2) is 0 Å². The maximum atomic E-state index is 13.1. The molecule has 3 aromatic carbocycles. The predicted octanol–water partition coefficient (Wildman–Crippen LogP) is 2.80. The molecule has 1 aliphatic rings. The van der Waals surface area contributed by atoms with Crippen LogP contribution in [-0.4, -0.2) is 70.6 Å². The van der Waals surface area contributed by atoms with E-state index in [1.807, 2.05) is 54.6 Å². The van der Waals surface area contributed by atoms with Crippen molar-refractivity contribution in [3.63, 3.8) is 0 Å². The Morgan fingerprint density at radius 3 is 2.34 bits per heavy atom. The Morgan fingerprint density at radius 1 is 1.05 bits per heavy atom. The van der Waals surface area contributed by atoms with Gasteiger partial charge in [0.15, 0.2) is 0 Å². The van der Waals surface area contributed by atoms with Crippen LogP contribution < -0.4 is 11.1 Å². The summed E-state index contributed by atoms with van der Waals surface area (Å²) in [4.78, 5) is 28.1. The Hall–Kier alpha value is -3.84. The van der Waals surface area contributed by atoms with Crippen LogP contribution >= 0.6 is 11.8 Å². The fraction of sp³-hybridized carbons (Fsp3) is 0.241. The van der Waals surface area contributed by atoms with Crippen molar-refractivity contribution in [2.45, 2.75) is 30.5 Å². The van der Waals surface area contributed by atoms with Crippen molar-refractivity contribution in [2.75, 3.05) is 18.6 Å². The number of fused-ring (bicyclic) bond motifs is 1. The predicted molar refractivity (Wildman–Crippen MR) is 159 cm³/mol. The highest BCUT2D eigenvalue weighted by Gasteiger charge is 2.29. The average Bonchev–Trinajstić information content (AvgIpc) is 2.91. The van der Waals surface area contributed by atoms with Crippen LogP contribution in [0.5, 0.6) is 5.75 Å².